The lowest BCUT2D eigenvalue weighted by atomic mass is 9.82. The number of benzene rings is 1. The Bertz CT molecular complexity index is 1430. The van der Waals surface area contributed by atoms with E-state index in [0.29, 0.717) is 17.8 Å². The van der Waals surface area contributed by atoms with Gasteiger partial charge in [-0.25, -0.2) is 18.6 Å². The molecule has 4 heterocycles. The predicted molar refractivity (Wildman–Crippen MR) is 133 cm³/mol. The van der Waals surface area contributed by atoms with Gasteiger partial charge in [0.2, 0.25) is 0 Å². The van der Waals surface area contributed by atoms with Gasteiger partial charge in [0.25, 0.3) is 0 Å². The minimum absolute atomic E-state index is 0.110. The monoisotopic (exact) mass is 509 g/mol. The van der Waals surface area contributed by atoms with Gasteiger partial charge in [-0.2, -0.15) is 4.98 Å². The van der Waals surface area contributed by atoms with Crippen LogP contribution in [-0.2, 0) is 7.05 Å². The molecule has 2 saturated heterocycles. The Morgan fingerprint density at radius 2 is 2.00 bits per heavy atom. The van der Waals surface area contributed by atoms with Gasteiger partial charge in [-0.3, -0.25) is 4.57 Å². The number of alkyl halides is 1. The van der Waals surface area contributed by atoms with Gasteiger partial charge >= 0.3 is 5.69 Å². The van der Waals surface area contributed by atoms with E-state index in [1.165, 1.54) is 25.2 Å². The summed E-state index contributed by atoms with van der Waals surface area (Å²) in [6.45, 7) is 4.13. The summed E-state index contributed by atoms with van der Waals surface area (Å²) in [4.78, 5) is 22.1. The van der Waals surface area contributed by atoms with Crippen LogP contribution in [0.4, 0.5) is 14.6 Å². The number of nitrogens with zero attached hydrogens (tertiary/aromatic N) is 6. The predicted octanol–water partition coefficient (Wildman–Crippen LogP) is 3.12. The average Bonchev–Trinajstić information content (AvgIpc) is 3.65. The van der Waals surface area contributed by atoms with Crippen LogP contribution in [0.1, 0.15) is 46.0 Å². The number of aryl methyl sites for hydroxylation is 1. The first kappa shape index (κ1) is 23.9. The lowest BCUT2D eigenvalue weighted by molar-refractivity contribution is 0.0831. The molecule has 0 spiro atoms. The number of fused-ring (bicyclic) bond motifs is 2. The molecule has 1 saturated carbocycles. The topological polar surface area (TPSA) is 109 Å². The number of phenols is 1. The SMILES string of the molecule is Cn1cc(F)c(-c2ccc(-c3ncc(N(C4CC4)[C@H]4C[C@]5(C)CC[C@@](C)(N5)[C@H]4F)nn3)c(O)c2)nc1=O. The average molecular weight is 510 g/mol. The lowest BCUT2D eigenvalue weighted by Gasteiger charge is -2.48. The highest BCUT2D eigenvalue weighted by molar-refractivity contribution is 5.71. The van der Waals surface area contributed by atoms with Crippen molar-refractivity contribution in [1.29, 1.82) is 0 Å². The van der Waals surface area contributed by atoms with Crippen LogP contribution < -0.4 is 15.9 Å². The van der Waals surface area contributed by atoms with Crippen molar-refractivity contribution in [2.24, 2.45) is 7.05 Å². The Morgan fingerprint density at radius 3 is 2.68 bits per heavy atom. The van der Waals surface area contributed by atoms with Crippen LogP contribution in [0.15, 0.2) is 35.4 Å². The summed E-state index contributed by atoms with van der Waals surface area (Å²) in [7, 11) is 1.41. The fraction of sp³-hybridized carbons (Fsp3) is 0.500. The molecular weight excluding hydrogens is 480 g/mol. The quantitative estimate of drug-likeness (QED) is 0.540. The van der Waals surface area contributed by atoms with E-state index in [4.69, 9.17) is 0 Å². The maximum Gasteiger partial charge on any atom is 0.348 e. The molecule has 2 N–H and O–H groups in total. The number of anilines is 1. The van der Waals surface area contributed by atoms with Crippen LogP contribution >= 0.6 is 0 Å². The normalized spacial score (nSPS) is 28.9. The number of aromatic hydroxyl groups is 1. The Kier molecular flexibility index (Phi) is 5.34. The standard InChI is InChI=1S/C26H29F2N7O2/c1-25-8-9-26(2,33-25)22(28)18(11-25)35(15-5-6-15)20-12-29-23(32-31-20)16-7-4-14(10-19(16)36)21-17(27)13-34(3)24(37)30-21/h4,7,10,12-13,15,18,22,33,36H,5-6,8-9,11H2,1-3H3/t18-,22-,25-,26+/m0/s1. The molecule has 3 aliphatic rings. The van der Waals surface area contributed by atoms with E-state index in [2.05, 4.69) is 37.3 Å². The molecular formula is C26H29F2N7O2. The zero-order valence-corrected chi connectivity index (χ0v) is 20.9. The van der Waals surface area contributed by atoms with Crippen LogP contribution in [0.3, 0.4) is 0 Å². The molecule has 1 aliphatic carbocycles. The van der Waals surface area contributed by atoms with Gasteiger partial charge in [0.05, 0.1) is 17.8 Å². The Balaban J connectivity index is 1.29. The summed E-state index contributed by atoms with van der Waals surface area (Å²) in [5, 5.41) is 22.8. The molecule has 2 aromatic heterocycles. The molecule has 194 valence electrons. The lowest BCUT2D eigenvalue weighted by Crippen LogP contribution is -2.66. The van der Waals surface area contributed by atoms with Crippen molar-refractivity contribution in [3.63, 3.8) is 0 Å². The number of piperidine rings is 1. The highest BCUT2D eigenvalue weighted by atomic mass is 19.1. The molecule has 9 nitrogen and oxygen atoms in total. The first-order valence-corrected chi connectivity index (χ1v) is 12.6. The number of nitrogens with one attached hydrogen (secondary N) is 1. The van der Waals surface area contributed by atoms with Gasteiger partial charge in [0, 0.05) is 35.9 Å². The van der Waals surface area contributed by atoms with Crippen LogP contribution in [-0.4, -0.2) is 59.2 Å². The molecule has 1 aromatic carbocycles. The molecule has 0 amide bonds. The van der Waals surface area contributed by atoms with E-state index < -0.39 is 23.2 Å². The van der Waals surface area contributed by atoms with Crippen LogP contribution in [0.2, 0.25) is 0 Å². The third kappa shape index (κ3) is 4.05. The molecule has 2 bridgehead atoms. The van der Waals surface area contributed by atoms with Gasteiger partial charge in [0.15, 0.2) is 17.5 Å². The maximum atomic E-state index is 15.8. The zero-order valence-electron chi connectivity index (χ0n) is 20.9. The van der Waals surface area contributed by atoms with Crippen molar-refractivity contribution in [2.45, 2.75) is 75.3 Å². The minimum Gasteiger partial charge on any atom is -0.507 e. The number of hydrogen-bond acceptors (Lipinski definition) is 8. The second-order valence-electron chi connectivity index (χ2n) is 11.1. The summed E-state index contributed by atoms with van der Waals surface area (Å²) in [5.74, 6) is -0.179. The smallest absolute Gasteiger partial charge is 0.348 e. The van der Waals surface area contributed by atoms with Crippen molar-refractivity contribution < 1.29 is 13.9 Å². The third-order valence-electron chi connectivity index (χ3n) is 8.06. The molecule has 37 heavy (non-hydrogen) atoms. The number of halogens is 2. The van der Waals surface area contributed by atoms with Crippen molar-refractivity contribution >= 4 is 5.82 Å². The van der Waals surface area contributed by atoms with E-state index in [9.17, 15) is 14.3 Å². The molecule has 11 heteroatoms. The van der Waals surface area contributed by atoms with E-state index in [0.717, 1.165) is 36.4 Å². The second kappa shape index (κ2) is 8.27. The third-order valence-corrected chi connectivity index (χ3v) is 8.06. The molecule has 0 unspecified atom stereocenters. The van der Waals surface area contributed by atoms with Crippen LogP contribution in [0.25, 0.3) is 22.6 Å². The summed E-state index contributed by atoms with van der Waals surface area (Å²) >= 11 is 0. The fourth-order valence-electron chi connectivity index (χ4n) is 6.01. The fourth-order valence-corrected chi connectivity index (χ4v) is 6.01. The van der Waals surface area contributed by atoms with Crippen molar-refractivity contribution in [2.75, 3.05) is 4.90 Å². The summed E-state index contributed by atoms with van der Waals surface area (Å²) in [6, 6.07) is 4.27. The van der Waals surface area contributed by atoms with E-state index in [1.807, 2.05) is 6.92 Å². The van der Waals surface area contributed by atoms with Crippen molar-refractivity contribution in [1.82, 2.24) is 30.0 Å². The minimum atomic E-state index is -1.05. The van der Waals surface area contributed by atoms with Crippen LogP contribution in [0.5, 0.6) is 5.75 Å². The molecule has 2 aliphatic heterocycles. The number of rotatable bonds is 5. The number of phenolic OH excluding ortho intramolecular Hbond substituents is 1. The Hall–Kier alpha value is -3.47. The first-order valence-electron chi connectivity index (χ1n) is 12.6. The molecule has 3 fully saturated rings. The summed E-state index contributed by atoms with van der Waals surface area (Å²) < 4.78 is 31.2. The number of aromatic nitrogens is 5. The second-order valence-corrected chi connectivity index (χ2v) is 11.1. The Labute approximate surface area is 212 Å². The van der Waals surface area contributed by atoms with Gasteiger partial charge in [-0.05, 0) is 58.1 Å². The number of hydrogen-bond donors (Lipinski definition) is 2. The highest BCUT2D eigenvalue weighted by Crippen LogP contribution is 2.47. The summed E-state index contributed by atoms with van der Waals surface area (Å²) in [5.41, 5.74) is -0.884. The van der Waals surface area contributed by atoms with E-state index in [1.54, 1.807) is 6.20 Å². The molecule has 3 aromatic rings. The van der Waals surface area contributed by atoms with Gasteiger partial charge < -0.3 is 15.3 Å². The van der Waals surface area contributed by atoms with Gasteiger partial charge in [-0.1, -0.05) is 6.07 Å². The van der Waals surface area contributed by atoms with E-state index >= 15 is 4.39 Å². The largest absolute Gasteiger partial charge is 0.507 e. The zero-order chi connectivity index (χ0) is 26.1. The molecule has 6 rings (SSSR count). The van der Waals surface area contributed by atoms with Crippen molar-refractivity contribution in [3.05, 3.63) is 46.9 Å². The summed E-state index contributed by atoms with van der Waals surface area (Å²) in [6.07, 6.45) is 5.94. The van der Waals surface area contributed by atoms with Crippen molar-refractivity contribution in [3.8, 4) is 28.4 Å². The van der Waals surface area contributed by atoms with Crippen LogP contribution in [0, 0.1) is 5.82 Å². The maximum absolute atomic E-state index is 15.8. The van der Waals surface area contributed by atoms with Gasteiger partial charge in [0.1, 0.15) is 17.6 Å². The van der Waals surface area contributed by atoms with Gasteiger partial charge in [-0.15, -0.1) is 10.2 Å². The molecule has 0 radical (unpaired) electrons. The Morgan fingerprint density at radius 1 is 1.22 bits per heavy atom. The first-order chi connectivity index (χ1) is 17.6. The molecule has 4 atom stereocenters. The van der Waals surface area contributed by atoms with E-state index in [-0.39, 0.29) is 40.5 Å². The highest BCUT2D eigenvalue weighted by Gasteiger charge is 2.58.